The van der Waals surface area contributed by atoms with Crippen LogP contribution in [0.15, 0.2) is 41.2 Å². The Morgan fingerprint density at radius 3 is 2.90 bits per heavy atom. The van der Waals surface area contributed by atoms with Crippen molar-refractivity contribution in [3.63, 3.8) is 0 Å². The van der Waals surface area contributed by atoms with Gasteiger partial charge in [-0.3, -0.25) is 4.79 Å². The predicted octanol–water partition coefficient (Wildman–Crippen LogP) is 2.06. The molecule has 2 aromatic heterocycles. The first-order valence-electron chi connectivity index (χ1n) is 9.76. The van der Waals surface area contributed by atoms with E-state index in [4.69, 9.17) is 20.2 Å². The number of fused-ring (bicyclic) bond motifs is 5. The average Bonchev–Trinajstić information content (AvgIpc) is 3.10. The highest BCUT2D eigenvalue weighted by atomic mass is 16.6. The largest absolute Gasteiger partial charge is 0.458 e. The van der Waals surface area contributed by atoms with Crippen LogP contribution in [0.3, 0.4) is 0 Å². The number of carbonyl (C=O) groups is 1. The van der Waals surface area contributed by atoms with Gasteiger partial charge < -0.3 is 19.8 Å². The molecular formula is C22H21N3O4. The third-order valence-corrected chi connectivity index (χ3v) is 5.85. The van der Waals surface area contributed by atoms with E-state index in [-0.39, 0.29) is 25.3 Å². The molecule has 0 amide bonds. The molecule has 148 valence electrons. The van der Waals surface area contributed by atoms with Crippen LogP contribution in [0.5, 0.6) is 0 Å². The Labute approximate surface area is 167 Å². The smallest absolute Gasteiger partial charge is 0.343 e. The highest BCUT2D eigenvalue weighted by Crippen LogP contribution is 2.40. The number of ether oxygens (including phenoxy) is 2. The molecule has 0 saturated heterocycles. The molecule has 4 heterocycles. The predicted molar refractivity (Wildman–Crippen MR) is 107 cm³/mol. The minimum atomic E-state index is -1.32. The number of benzene rings is 1. The Kier molecular flexibility index (Phi) is 4.04. The Morgan fingerprint density at radius 1 is 1.28 bits per heavy atom. The van der Waals surface area contributed by atoms with Crippen LogP contribution >= 0.6 is 0 Å². The van der Waals surface area contributed by atoms with Gasteiger partial charge in [-0.25, -0.2) is 9.78 Å². The molecule has 5 rings (SSSR count). The number of hydrogen-bond acceptors (Lipinski definition) is 6. The maximum atomic E-state index is 13.3. The van der Waals surface area contributed by atoms with E-state index in [1.165, 1.54) is 0 Å². The molecule has 0 fully saturated rings. The van der Waals surface area contributed by atoms with E-state index in [2.05, 4.69) is 6.07 Å². The van der Waals surface area contributed by atoms with Gasteiger partial charge in [0, 0.05) is 23.1 Å². The topological polar surface area (TPSA) is 96.4 Å². The van der Waals surface area contributed by atoms with Crippen LogP contribution in [0.2, 0.25) is 0 Å². The van der Waals surface area contributed by atoms with Crippen molar-refractivity contribution in [3.8, 4) is 11.4 Å². The maximum absolute atomic E-state index is 13.3. The summed E-state index contributed by atoms with van der Waals surface area (Å²) in [5.74, 6) is -0.477. The van der Waals surface area contributed by atoms with Crippen LogP contribution in [0.4, 0.5) is 0 Å². The van der Waals surface area contributed by atoms with Crippen molar-refractivity contribution in [2.45, 2.75) is 32.1 Å². The van der Waals surface area contributed by atoms with Crippen molar-refractivity contribution in [2.75, 3.05) is 13.2 Å². The van der Waals surface area contributed by atoms with Crippen LogP contribution in [0, 0.1) is 0 Å². The Hall–Kier alpha value is -3.03. The van der Waals surface area contributed by atoms with E-state index in [0.29, 0.717) is 29.8 Å². The first-order chi connectivity index (χ1) is 14.1. The molecule has 1 atom stereocenters. The molecule has 29 heavy (non-hydrogen) atoms. The molecule has 1 unspecified atom stereocenters. The second kappa shape index (κ2) is 6.50. The molecule has 3 aromatic rings. The Morgan fingerprint density at radius 2 is 2.10 bits per heavy atom. The number of aromatic nitrogens is 2. The molecule has 2 aliphatic heterocycles. The van der Waals surface area contributed by atoms with Gasteiger partial charge in [-0.2, -0.15) is 0 Å². The van der Waals surface area contributed by atoms with Gasteiger partial charge in [0.15, 0.2) is 5.60 Å². The van der Waals surface area contributed by atoms with Gasteiger partial charge in [0.25, 0.3) is 5.56 Å². The highest BCUT2D eigenvalue weighted by molar-refractivity contribution is 5.86. The lowest BCUT2D eigenvalue weighted by Gasteiger charge is -2.36. The van der Waals surface area contributed by atoms with Crippen molar-refractivity contribution in [1.82, 2.24) is 9.55 Å². The first kappa shape index (κ1) is 18.0. The monoisotopic (exact) mass is 391 g/mol. The first-order valence-corrected chi connectivity index (χ1v) is 9.76. The summed E-state index contributed by atoms with van der Waals surface area (Å²) in [6.45, 7) is 2.71. The lowest BCUT2D eigenvalue weighted by Crippen LogP contribution is -2.47. The number of pyridine rings is 2. The quantitative estimate of drug-likeness (QED) is 0.535. The zero-order valence-corrected chi connectivity index (χ0v) is 16.1. The van der Waals surface area contributed by atoms with Crippen molar-refractivity contribution in [2.24, 2.45) is 5.73 Å². The fraction of sp³-hybridized carbons (Fsp3) is 0.318. The average molecular weight is 391 g/mol. The fourth-order valence-electron chi connectivity index (χ4n) is 4.39. The summed E-state index contributed by atoms with van der Waals surface area (Å²) in [6.07, 6.45) is 0.347. The molecule has 2 N–H and O–H groups in total. The maximum Gasteiger partial charge on any atom is 0.343 e. The third kappa shape index (κ3) is 2.47. The molecule has 0 aliphatic carbocycles. The second-order valence-corrected chi connectivity index (χ2v) is 7.40. The van der Waals surface area contributed by atoms with Gasteiger partial charge in [-0.05, 0) is 24.6 Å². The molecule has 7 nitrogen and oxygen atoms in total. The SMILES string of the molecule is CCC1(OCCN)C(=O)OCc2c1cc1n(c2=O)Cc2cc3ccccc3nc2-1. The summed E-state index contributed by atoms with van der Waals surface area (Å²) in [4.78, 5) is 30.9. The lowest BCUT2D eigenvalue weighted by molar-refractivity contribution is -0.180. The number of esters is 1. The van der Waals surface area contributed by atoms with E-state index in [0.717, 1.165) is 22.2 Å². The zero-order chi connectivity index (χ0) is 20.2. The summed E-state index contributed by atoms with van der Waals surface area (Å²) in [6, 6.07) is 11.8. The number of para-hydroxylation sites is 1. The normalized spacial score (nSPS) is 19.6. The van der Waals surface area contributed by atoms with Gasteiger partial charge in [-0.15, -0.1) is 0 Å². The van der Waals surface area contributed by atoms with Gasteiger partial charge in [0.2, 0.25) is 0 Å². The van der Waals surface area contributed by atoms with Crippen LogP contribution < -0.4 is 11.3 Å². The minimum absolute atomic E-state index is 0.0488. The molecule has 0 bridgehead atoms. The fourth-order valence-corrected chi connectivity index (χ4v) is 4.39. The number of rotatable bonds is 4. The van der Waals surface area contributed by atoms with Crippen molar-refractivity contribution in [1.29, 1.82) is 0 Å². The van der Waals surface area contributed by atoms with Gasteiger partial charge in [0.05, 0.1) is 35.6 Å². The summed E-state index contributed by atoms with van der Waals surface area (Å²) < 4.78 is 13.0. The van der Waals surface area contributed by atoms with E-state index in [1.54, 1.807) is 4.57 Å². The van der Waals surface area contributed by atoms with Crippen molar-refractivity contribution in [3.05, 3.63) is 63.4 Å². The van der Waals surface area contributed by atoms with Crippen molar-refractivity contribution < 1.29 is 14.3 Å². The number of nitrogens with two attached hydrogens (primary N) is 1. The second-order valence-electron chi connectivity index (χ2n) is 7.40. The van der Waals surface area contributed by atoms with Gasteiger partial charge in [-0.1, -0.05) is 25.1 Å². The van der Waals surface area contributed by atoms with Gasteiger partial charge in [0.1, 0.15) is 6.61 Å². The third-order valence-electron chi connectivity index (χ3n) is 5.85. The molecule has 1 aromatic carbocycles. The molecule has 0 spiro atoms. The number of hydrogen-bond donors (Lipinski definition) is 1. The van der Waals surface area contributed by atoms with Crippen molar-refractivity contribution >= 4 is 16.9 Å². The lowest BCUT2D eigenvalue weighted by atomic mass is 9.85. The molecule has 7 heteroatoms. The molecular weight excluding hydrogens is 370 g/mol. The van der Waals surface area contributed by atoms with E-state index in [9.17, 15) is 9.59 Å². The van der Waals surface area contributed by atoms with Crippen LogP contribution in [0.25, 0.3) is 22.3 Å². The molecule has 0 saturated carbocycles. The summed E-state index contributed by atoms with van der Waals surface area (Å²) in [5, 5.41) is 1.03. The zero-order valence-electron chi connectivity index (χ0n) is 16.1. The summed E-state index contributed by atoms with van der Waals surface area (Å²) in [7, 11) is 0. The number of nitrogens with zero attached hydrogens (tertiary/aromatic N) is 2. The number of carbonyl (C=O) groups excluding carboxylic acids is 1. The summed E-state index contributed by atoms with van der Waals surface area (Å²) in [5.41, 5.74) is 8.49. The number of cyclic esters (lactones) is 1. The highest BCUT2D eigenvalue weighted by Gasteiger charge is 2.48. The Balaban J connectivity index is 1.76. The molecule has 0 radical (unpaired) electrons. The standard InChI is InChI=1S/C22H21N3O4/c1-2-22(29-8-7-23)16-10-18-19-14(9-13-5-3-4-6-17(13)24-19)11-25(18)20(26)15(16)12-28-21(22)27/h3-6,9-10H,2,7-8,11-12,23H2,1H3. The van der Waals surface area contributed by atoms with Gasteiger partial charge >= 0.3 is 5.97 Å². The van der Waals surface area contributed by atoms with Crippen LogP contribution in [-0.2, 0) is 33.0 Å². The summed E-state index contributed by atoms with van der Waals surface area (Å²) >= 11 is 0. The van der Waals surface area contributed by atoms with E-state index < -0.39 is 11.6 Å². The van der Waals surface area contributed by atoms with Crippen LogP contribution in [0.1, 0.15) is 30.0 Å². The van der Waals surface area contributed by atoms with E-state index >= 15 is 0 Å². The van der Waals surface area contributed by atoms with Crippen LogP contribution in [-0.4, -0.2) is 28.7 Å². The molecule has 2 aliphatic rings. The minimum Gasteiger partial charge on any atom is -0.458 e. The van der Waals surface area contributed by atoms with E-state index in [1.807, 2.05) is 37.3 Å². The Bertz CT molecular complexity index is 1220.